The molecule has 0 radical (unpaired) electrons. The van der Waals surface area contributed by atoms with Crippen LogP contribution in [0.15, 0.2) is 48.7 Å². The van der Waals surface area contributed by atoms with Crippen molar-refractivity contribution in [1.29, 1.82) is 0 Å². The van der Waals surface area contributed by atoms with Gasteiger partial charge in [-0.2, -0.15) is 13.2 Å². The molecule has 0 saturated carbocycles. The molecule has 0 bridgehead atoms. The minimum Gasteiger partial charge on any atom is -0.368 e. The molecule has 1 heterocycles. The highest BCUT2D eigenvalue weighted by Crippen LogP contribution is 2.30. The molecule has 2 rings (SSSR count). The number of aromatic nitrogens is 1. The van der Waals surface area contributed by atoms with Crippen LogP contribution in [0, 0.1) is 0 Å². The van der Waals surface area contributed by atoms with Gasteiger partial charge in [0.25, 0.3) is 0 Å². The van der Waals surface area contributed by atoms with Gasteiger partial charge in [-0.05, 0) is 17.7 Å². The topological polar surface area (TPSA) is 24.9 Å². The molecule has 20 heavy (non-hydrogen) atoms. The first kappa shape index (κ1) is 14.7. The van der Waals surface area contributed by atoms with E-state index in [1.807, 2.05) is 30.3 Å². The zero-order chi connectivity index (χ0) is 14.6. The van der Waals surface area contributed by atoms with Crippen molar-refractivity contribution < 1.29 is 13.2 Å². The number of nitrogens with one attached hydrogen (secondary N) is 1. The summed E-state index contributed by atoms with van der Waals surface area (Å²) < 4.78 is 37.7. The Morgan fingerprint density at radius 1 is 1.15 bits per heavy atom. The summed E-state index contributed by atoms with van der Waals surface area (Å²) in [5.74, 6) is 0.154. The van der Waals surface area contributed by atoms with Gasteiger partial charge in [-0.25, -0.2) is 4.98 Å². The number of alkyl halides is 4. The van der Waals surface area contributed by atoms with E-state index in [-0.39, 0.29) is 11.2 Å². The van der Waals surface area contributed by atoms with Crippen molar-refractivity contribution in [3.63, 3.8) is 0 Å². The van der Waals surface area contributed by atoms with Crippen LogP contribution >= 0.6 is 11.6 Å². The van der Waals surface area contributed by atoms with Gasteiger partial charge in [0, 0.05) is 12.7 Å². The Hall–Kier alpha value is -1.75. The van der Waals surface area contributed by atoms with E-state index >= 15 is 0 Å². The number of rotatable bonds is 4. The molecule has 0 aliphatic heterocycles. The summed E-state index contributed by atoms with van der Waals surface area (Å²) in [6.45, 7) is 0.292. The van der Waals surface area contributed by atoms with E-state index in [9.17, 15) is 13.2 Å². The van der Waals surface area contributed by atoms with Gasteiger partial charge >= 0.3 is 6.18 Å². The normalized spacial score (nSPS) is 13.0. The molecule has 0 saturated heterocycles. The Bertz CT molecular complexity index is 558. The smallest absolute Gasteiger partial charge is 0.368 e. The summed E-state index contributed by atoms with van der Waals surface area (Å²) in [7, 11) is 0. The number of halogens is 4. The Kier molecular flexibility index (Phi) is 4.49. The predicted octanol–water partition coefficient (Wildman–Crippen LogP) is 4.49. The Morgan fingerprint density at radius 3 is 2.50 bits per heavy atom. The lowest BCUT2D eigenvalue weighted by Gasteiger charge is -2.13. The summed E-state index contributed by atoms with van der Waals surface area (Å²) in [6, 6.07) is 11.2. The quantitative estimate of drug-likeness (QED) is 0.841. The molecule has 2 nitrogen and oxygen atoms in total. The van der Waals surface area contributed by atoms with Gasteiger partial charge in [-0.15, -0.1) is 11.6 Å². The molecule has 0 amide bonds. The van der Waals surface area contributed by atoms with Gasteiger partial charge in [0.2, 0.25) is 0 Å². The van der Waals surface area contributed by atoms with Crippen LogP contribution < -0.4 is 5.32 Å². The fourth-order valence-electron chi connectivity index (χ4n) is 1.68. The second-order valence-electron chi connectivity index (χ2n) is 4.19. The number of anilines is 1. The standard InChI is InChI=1S/C14H12ClF3N2/c15-12(10-4-2-1-3-5-10)9-20-13-8-11(6-7-19-13)14(16,17)18/h1-8,12H,9H2,(H,19,20). The van der Waals surface area contributed by atoms with Crippen molar-refractivity contribution in [2.75, 3.05) is 11.9 Å². The first-order chi connectivity index (χ1) is 9.47. The molecule has 1 aromatic carbocycles. The molecule has 0 spiro atoms. The van der Waals surface area contributed by atoms with Gasteiger partial charge in [0.15, 0.2) is 0 Å². The molecule has 1 unspecified atom stereocenters. The summed E-state index contributed by atoms with van der Waals surface area (Å²) in [6.07, 6.45) is -3.25. The average molecular weight is 301 g/mol. The number of benzene rings is 1. The average Bonchev–Trinajstić information content (AvgIpc) is 2.45. The van der Waals surface area contributed by atoms with Crippen LogP contribution in [0.4, 0.5) is 19.0 Å². The molecule has 0 aliphatic rings. The van der Waals surface area contributed by atoms with Crippen LogP contribution in [0.25, 0.3) is 0 Å². The monoisotopic (exact) mass is 300 g/mol. The Balaban J connectivity index is 2.01. The second kappa shape index (κ2) is 6.13. The van der Waals surface area contributed by atoms with Crippen molar-refractivity contribution in [3.05, 3.63) is 59.8 Å². The van der Waals surface area contributed by atoms with Gasteiger partial charge in [-0.1, -0.05) is 30.3 Å². The lowest BCUT2D eigenvalue weighted by molar-refractivity contribution is -0.137. The van der Waals surface area contributed by atoms with Gasteiger partial charge in [-0.3, -0.25) is 0 Å². The highest BCUT2D eigenvalue weighted by atomic mass is 35.5. The van der Waals surface area contributed by atoms with Crippen LogP contribution in [0.3, 0.4) is 0 Å². The third kappa shape index (κ3) is 3.87. The van der Waals surface area contributed by atoms with Crippen molar-refractivity contribution in [3.8, 4) is 0 Å². The summed E-state index contributed by atoms with van der Waals surface area (Å²) in [5, 5.41) is 2.47. The molecule has 1 N–H and O–H groups in total. The molecule has 0 aliphatic carbocycles. The summed E-state index contributed by atoms with van der Waals surface area (Å²) >= 11 is 6.17. The third-order valence-electron chi connectivity index (χ3n) is 2.71. The molecule has 6 heteroatoms. The predicted molar refractivity (Wildman–Crippen MR) is 72.8 cm³/mol. The van der Waals surface area contributed by atoms with Crippen LogP contribution in [0.5, 0.6) is 0 Å². The maximum Gasteiger partial charge on any atom is 0.416 e. The van der Waals surface area contributed by atoms with E-state index in [4.69, 9.17) is 11.6 Å². The zero-order valence-electron chi connectivity index (χ0n) is 10.4. The highest BCUT2D eigenvalue weighted by Gasteiger charge is 2.30. The SMILES string of the molecule is FC(F)(F)c1ccnc(NCC(Cl)c2ccccc2)c1. The van der Waals surface area contributed by atoms with Crippen LogP contribution in [0.1, 0.15) is 16.5 Å². The fourth-order valence-corrected chi connectivity index (χ4v) is 1.90. The largest absolute Gasteiger partial charge is 0.416 e. The number of hydrogen-bond acceptors (Lipinski definition) is 2. The van der Waals surface area contributed by atoms with E-state index in [2.05, 4.69) is 10.3 Å². The summed E-state index contributed by atoms with van der Waals surface area (Å²) in [4.78, 5) is 3.85. The Labute approximate surface area is 119 Å². The van der Waals surface area contributed by atoms with Crippen LogP contribution in [-0.4, -0.2) is 11.5 Å². The molecular weight excluding hydrogens is 289 g/mol. The van der Waals surface area contributed by atoms with Crippen molar-refractivity contribution in [1.82, 2.24) is 4.98 Å². The molecule has 1 atom stereocenters. The van der Waals surface area contributed by atoms with Gasteiger partial charge in [0.05, 0.1) is 10.9 Å². The lowest BCUT2D eigenvalue weighted by Crippen LogP contribution is -2.11. The highest BCUT2D eigenvalue weighted by molar-refractivity contribution is 6.21. The molecular formula is C14H12ClF3N2. The van der Waals surface area contributed by atoms with E-state index in [0.717, 1.165) is 23.9 Å². The molecule has 2 aromatic rings. The number of nitrogens with zero attached hydrogens (tertiary/aromatic N) is 1. The molecule has 0 fully saturated rings. The van der Waals surface area contributed by atoms with Gasteiger partial charge < -0.3 is 5.32 Å². The maximum atomic E-state index is 12.6. The first-order valence-electron chi connectivity index (χ1n) is 5.93. The Morgan fingerprint density at radius 2 is 1.85 bits per heavy atom. The van der Waals surface area contributed by atoms with Gasteiger partial charge in [0.1, 0.15) is 5.82 Å². The van der Waals surface area contributed by atoms with Crippen LogP contribution in [-0.2, 0) is 6.18 Å². The third-order valence-corrected chi connectivity index (χ3v) is 3.12. The minimum atomic E-state index is -4.38. The zero-order valence-corrected chi connectivity index (χ0v) is 11.1. The maximum absolute atomic E-state index is 12.6. The van der Waals surface area contributed by atoms with Crippen molar-refractivity contribution in [2.45, 2.75) is 11.6 Å². The van der Waals surface area contributed by atoms with E-state index in [0.29, 0.717) is 6.54 Å². The number of hydrogen-bond donors (Lipinski definition) is 1. The second-order valence-corrected chi connectivity index (χ2v) is 4.71. The first-order valence-corrected chi connectivity index (χ1v) is 6.36. The summed E-state index contributed by atoms with van der Waals surface area (Å²) in [5.41, 5.74) is 0.162. The van der Waals surface area contributed by atoms with E-state index in [1.54, 1.807) is 0 Å². The lowest BCUT2D eigenvalue weighted by atomic mass is 10.1. The number of pyridine rings is 1. The minimum absolute atomic E-state index is 0.154. The molecule has 106 valence electrons. The van der Waals surface area contributed by atoms with Crippen molar-refractivity contribution in [2.24, 2.45) is 0 Å². The van der Waals surface area contributed by atoms with Crippen molar-refractivity contribution >= 4 is 17.4 Å². The van der Waals surface area contributed by atoms with Crippen LogP contribution in [0.2, 0.25) is 0 Å². The van der Waals surface area contributed by atoms with E-state index < -0.39 is 11.7 Å². The fraction of sp³-hybridized carbons (Fsp3) is 0.214. The molecule has 1 aromatic heterocycles. The van der Waals surface area contributed by atoms with E-state index in [1.165, 1.54) is 0 Å².